The molecule has 0 atom stereocenters. The summed E-state index contributed by atoms with van der Waals surface area (Å²) in [7, 11) is 0. The molecule has 0 rings (SSSR count). The first-order valence-electron chi connectivity index (χ1n) is 1.49. The molecule has 0 saturated heterocycles. The van der Waals surface area contributed by atoms with Gasteiger partial charge in [-0.05, 0) is 0 Å². The zero-order chi connectivity index (χ0) is 4.28. The molecule has 0 radical (unpaired) electrons. The van der Waals surface area contributed by atoms with Crippen molar-refractivity contribution in [2.75, 3.05) is 0 Å². The normalized spacial score (nSPS) is 4.62. The largest absolute Gasteiger partial charge is 4.00 e. The second-order valence-electron chi connectivity index (χ2n) is 0.747. The first kappa shape index (κ1) is 24.3. The fourth-order valence-electron chi connectivity index (χ4n) is 0. The average molecular weight is 154 g/mol. The number of carboxylic acids is 1. The molecule has 0 aromatic rings. The molecule has 0 aromatic carbocycles. The van der Waals surface area contributed by atoms with E-state index in [1.807, 2.05) is 0 Å². The van der Waals surface area contributed by atoms with Gasteiger partial charge in [-0.25, -0.2) is 0 Å². The fraction of sp³-hybridized carbons (Fsp3) is 0.667. The summed E-state index contributed by atoms with van der Waals surface area (Å²) in [6.07, 6.45) is 0.222. The molecule has 0 spiro atoms. The molecule has 0 unspecified atom stereocenters. The van der Waals surface area contributed by atoms with Gasteiger partial charge >= 0.3 is 27.7 Å². The minimum absolute atomic E-state index is 0. The Balaban J connectivity index is -0.0000000267. The van der Waals surface area contributed by atoms with E-state index in [2.05, 4.69) is 0 Å². The maximum atomic E-state index is 9.37. The smallest absolute Gasteiger partial charge is 2.00 e. The van der Waals surface area contributed by atoms with E-state index in [9.17, 15) is 4.79 Å². The number of aliphatic carboxylic acids is 1. The van der Waals surface area contributed by atoms with Crippen LogP contribution < -0.4 is 0 Å². The number of carboxylic acid groups (broad SMARTS) is 1. The van der Waals surface area contributed by atoms with Crippen LogP contribution in [0.4, 0.5) is 0 Å². The molecule has 1 N–H and O–H groups in total. The first-order valence-corrected chi connectivity index (χ1v) is 1.49. The Bertz CT molecular complexity index is 46.5. The van der Waals surface area contributed by atoms with Crippen LogP contribution in [0.25, 0.3) is 0 Å². The van der Waals surface area contributed by atoms with E-state index in [-0.39, 0.29) is 39.1 Å². The fourth-order valence-corrected chi connectivity index (χ4v) is 0. The Morgan fingerprint density at radius 2 is 1.62 bits per heavy atom. The van der Waals surface area contributed by atoms with E-state index in [4.69, 9.17) is 5.11 Å². The molecule has 0 bridgehead atoms. The van der Waals surface area contributed by atoms with E-state index in [0.717, 1.165) is 0 Å². The molecule has 5 heteroatoms. The summed E-state index contributed by atoms with van der Waals surface area (Å²) < 4.78 is 0. The molecule has 0 aliphatic carbocycles. The molecule has 0 aromatic heterocycles. The van der Waals surface area contributed by atoms with E-state index >= 15 is 0 Å². The van der Waals surface area contributed by atoms with Crippen molar-refractivity contribution in [2.45, 2.75) is 13.3 Å². The van der Waals surface area contributed by atoms with Crippen molar-refractivity contribution in [1.29, 1.82) is 0 Å². The van der Waals surface area contributed by atoms with Crippen LogP contribution in [0, 0.1) is 0 Å². The zero-order valence-electron chi connectivity index (χ0n) is 4.38. The second kappa shape index (κ2) is 15.7. The van der Waals surface area contributed by atoms with Gasteiger partial charge in [0, 0.05) is 6.42 Å². The van der Waals surface area contributed by atoms with Crippen LogP contribution in [0.2, 0.25) is 0 Å². The Kier molecular flexibility index (Phi) is 47.7. The number of hydrogen-bond donors (Lipinski definition) is 1. The summed E-state index contributed by atoms with van der Waals surface area (Å²) in [6, 6.07) is 0. The van der Waals surface area contributed by atoms with Gasteiger partial charge in [0.25, 0.3) is 0 Å². The maximum absolute atomic E-state index is 9.37. The molecule has 0 saturated carbocycles. The van der Waals surface area contributed by atoms with Gasteiger partial charge in [-0.15, -0.1) is 0 Å². The molecular formula is C3H6O4Ti. The van der Waals surface area contributed by atoms with Gasteiger partial charge < -0.3 is 16.1 Å². The standard InChI is InChI=1S/C3H6O2.2O.Ti/c1-2-3(4)5;;;/h2H2,1H3,(H,4,5);;;/q;2*-2;+4. The molecule has 0 amide bonds. The first-order chi connectivity index (χ1) is 2.27. The van der Waals surface area contributed by atoms with Crippen molar-refractivity contribution in [1.82, 2.24) is 0 Å². The predicted molar refractivity (Wildman–Crippen MR) is 19.3 cm³/mol. The summed E-state index contributed by atoms with van der Waals surface area (Å²) in [4.78, 5) is 9.37. The van der Waals surface area contributed by atoms with Crippen molar-refractivity contribution in [3.8, 4) is 0 Å². The summed E-state index contributed by atoms with van der Waals surface area (Å²) in [5, 5.41) is 7.72. The molecule has 4 nitrogen and oxygen atoms in total. The minimum Gasteiger partial charge on any atom is -2.00 e. The topological polar surface area (TPSA) is 94.3 Å². The minimum atomic E-state index is -0.745. The third-order valence-electron chi connectivity index (χ3n) is 0.302. The van der Waals surface area contributed by atoms with Gasteiger partial charge in [0.1, 0.15) is 0 Å². The Labute approximate surface area is 62.4 Å². The van der Waals surface area contributed by atoms with E-state index in [1.54, 1.807) is 6.92 Å². The van der Waals surface area contributed by atoms with Gasteiger partial charge in [0.2, 0.25) is 0 Å². The molecule has 46 valence electrons. The number of carbonyl (C=O) groups is 1. The zero-order valence-corrected chi connectivity index (χ0v) is 5.94. The Hall–Kier alpha value is 0.104. The SMILES string of the molecule is CCC(=O)O.[O-2].[O-2].[Ti+4]. The Morgan fingerprint density at radius 3 is 1.62 bits per heavy atom. The van der Waals surface area contributed by atoms with Gasteiger partial charge in [-0.2, -0.15) is 0 Å². The van der Waals surface area contributed by atoms with Gasteiger partial charge in [0.05, 0.1) is 0 Å². The maximum Gasteiger partial charge on any atom is 4.00 e. The van der Waals surface area contributed by atoms with Gasteiger partial charge in [-0.1, -0.05) is 6.92 Å². The monoisotopic (exact) mass is 154 g/mol. The van der Waals surface area contributed by atoms with Crippen LogP contribution in [-0.4, -0.2) is 11.1 Å². The van der Waals surface area contributed by atoms with Crippen LogP contribution >= 0.6 is 0 Å². The van der Waals surface area contributed by atoms with Crippen molar-refractivity contribution in [3.05, 3.63) is 0 Å². The third kappa shape index (κ3) is 35.9. The molecule has 0 aliphatic heterocycles. The quantitative estimate of drug-likeness (QED) is 0.547. The summed E-state index contributed by atoms with van der Waals surface area (Å²) in [5.74, 6) is -0.745. The van der Waals surface area contributed by atoms with Gasteiger partial charge in [0.15, 0.2) is 0 Å². The van der Waals surface area contributed by atoms with Crippen LogP contribution in [0.3, 0.4) is 0 Å². The van der Waals surface area contributed by atoms with Crippen molar-refractivity contribution in [3.63, 3.8) is 0 Å². The molecule has 0 aliphatic rings. The summed E-state index contributed by atoms with van der Waals surface area (Å²) in [5.41, 5.74) is 0. The average Bonchev–Trinajstić information content (AvgIpc) is 1.38. The second-order valence-corrected chi connectivity index (χ2v) is 0.747. The predicted octanol–water partition coefficient (Wildman–Crippen LogP) is 0.241. The third-order valence-corrected chi connectivity index (χ3v) is 0.302. The number of rotatable bonds is 1. The summed E-state index contributed by atoms with van der Waals surface area (Å²) >= 11 is 0. The molecule has 0 fully saturated rings. The Morgan fingerprint density at radius 1 is 1.50 bits per heavy atom. The van der Waals surface area contributed by atoms with E-state index < -0.39 is 5.97 Å². The van der Waals surface area contributed by atoms with Crippen molar-refractivity contribution in [2.24, 2.45) is 0 Å². The van der Waals surface area contributed by atoms with E-state index in [1.165, 1.54) is 0 Å². The molecule has 0 heterocycles. The number of hydrogen-bond acceptors (Lipinski definition) is 1. The van der Waals surface area contributed by atoms with Crippen molar-refractivity contribution >= 4 is 5.97 Å². The van der Waals surface area contributed by atoms with Crippen LogP contribution in [0.1, 0.15) is 13.3 Å². The van der Waals surface area contributed by atoms with Crippen LogP contribution in [0.5, 0.6) is 0 Å². The van der Waals surface area contributed by atoms with Crippen molar-refractivity contribution < 1.29 is 42.6 Å². The van der Waals surface area contributed by atoms with Crippen LogP contribution in [0.15, 0.2) is 0 Å². The molecular weight excluding hydrogens is 148 g/mol. The van der Waals surface area contributed by atoms with E-state index in [0.29, 0.717) is 0 Å². The molecule has 8 heavy (non-hydrogen) atoms. The summed E-state index contributed by atoms with van der Waals surface area (Å²) in [6.45, 7) is 1.60. The van der Waals surface area contributed by atoms with Crippen LogP contribution in [-0.2, 0) is 37.5 Å². The van der Waals surface area contributed by atoms with Gasteiger partial charge in [-0.3, -0.25) is 4.79 Å².